The van der Waals surface area contributed by atoms with Gasteiger partial charge in [0.2, 0.25) is 0 Å². The fraction of sp³-hybridized carbons (Fsp3) is 0.552. The first kappa shape index (κ1) is 26.4. The van der Waals surface area contributed by atoms with Gasteiger partial charge in [-0.05, 0) is 81.4 Å². The molecule has 0 saturated carbocycles. The highest BCUT2D eigenvalue weighted by Gasteiger charge is 2.41. The number of esters is 1. The third-order valence-corrected chi connectivity index (χ3v) is 7.09. The fourth-order valence-electron chi connectivity index (χ4n) is 5.15. The van der Waals surface area contributed by atoms with E-state index in [0.29, 0.717) is 13.0 Å². The maximum atomic E-state index is 13.6. The number of rotatable bonds is 13. The lowest BCUT2D eigenvalue weighted by Gasteiger charge is -2.42. The van der Waals surface area contributed by atoms with Crippen molar-refractivity contribution in [1.29, 1.82) is 0 Å². The minimum atomic E-state index is -1.11. The van der Waals surface area contributed by atoms with Crippen LogP contribution in [0.1, 0.15) is 75.8 Å². The van der Waals surface area contributed by atoms with E-state index in [1.807, 2.05) is 37.3 Å². The molecule has 0 aromatic heterocycles. The number of piperidine rings is 1. The van der Waals surface area contributed by atoms with E-state index < -0.39 is 5.60 Å². The van der Waals surface area contributed by atoms with E-state index in [9.17, 15) is 14.3 Å². The molecule has 34 heavy (non-hydrogen) atoms. The predicted octanol–water partition coefficient (Wildman–Crippen LogP) is 6.07. The van der Waals surface area contributed by atoms with E-state index in [1.165, 1.54) is 37.8 Å². The highest BCUT2D eigenvalue weighted by atomic mass is 19.1. The van der Waals surface area contributed by atoms with Crippen LogP contribution in [0.3, 0.4) is 0 Å². The zero-order valence-corrected chi connectivity index (χ0v) is 20.6. The van der Waals surface area contributed by atoms with Crippen molar-refractivity contribution in [2.45, 2.75) is 70.3 Å². The number of unbranched alkanes of at least 4 members (excludes halogenated alkanes) is 5. The second-order valence-electron chi connectivity index (χ2n) is 9.43. The number of carbonyl (C=O) groups excluding carboxylic acids is 1. The molecule has 0 spiro atoms. The molecule has 0 bridgehead atoms. The standard InChI is InChI=1S/C29H40FNO3/c1-2-34-28(32)14-10-5-3-4-6-11-21-31-22-19-26(20-23-31)29(33,24-12-8-7-9-13-24)25-15-17-27(30)18-16-25/h7-9,12-13,15-18,26,33H,2-6,10-11,14,19-23H2,1H3. The number of nitrogens with zero attached hydrogens (tertiary/aromatic N) is 1. The molecule has 1 unspecified atom stereocenters. The Kier molecular flexibility index (Phi) is 10.5. The average molecular weight is 470 g/mol. The molecule has 0 amide bonds. The highest BCUT2D eigenvalue weighted by molar-refractivity contribution is 5.69. The maximum absolute atomic E-state index is 13.6. The van der Waals surface area contributed by atoms with Gasteiger partial charge in [-0.2, -0.15) is 0 Å². The van der Waals surface area contributed by atoms with Gasteiger partial charge in [-0.25, -0.2) is 4.39 Å². The van der Waals surface area contributed by atoms with E-state index >= 15 is 0 Å². The molecule has 0 radical (unpaired) electrons. The number of halogens is 1. The van der Waals surface area contributed by atoms with E-state index in [2.05, 4.69) is 4.90 Å². The van der Waals surface area contributed by atoms with Crippen LogP contribution in [-0.2, 0) is 15.1 Å². The van der Waals surface area contributed by atoms with Gasteiger partial charge in [0.1, 0.15) is 11.4 Å². The molecule has 1 saturated heterocycles. The van der Waals surface area contributed by atoms with Gasteiger partial charge in [0.05, 0.1) is 6.61 Å². The van der Waals surface area contributed by atoms with Crippen molar-refractivity contribution in [1.82, 2.24) is 4.90 Å². The van der Waals surface area contributed by atoms with Gasteiger partial charge in [0, 0.05) is 6.42 Å². The number of ether oxygens (including phenoxy) is 1. The number of hydrogen-bond acceptors (Lipinski definition) is 4. The van der Waals surface area contributed by atoms with Crippen LogP contribution in [0, 0.1) is 11.7 Å². The molecule has 1 aliphatic rings. The maximum Gasteiger partial charge on any atom is 0.305 e. The summed E-state index contributed by atoms with van der Waals surface area (Å²) >= 11 is 0. The second-order valence-corrected chi connectivity index (χ2v) is 9.43. The normalized spacial score (nSPS) is 16.8. The van der Waals surface area contributed by atoms with Gasteiger partial charge in [0.25, 0.3) is 0 Å². The van der Waals surface area contributed by atoms with Crippen LogP contribution in [0.5, 0.6) is 0 Å². The van der Waals surface area contributed by atoms with Crippen molar-refractivity contribution in [3.63, 3.8) is 0 Å². The summed E-state index contributed by atoms with van der Waals surface area (Å²) in [6.07, 6.45) is 9.15. The molecular weight excluding hydrogens is 429 g/mol. The van der Waals surface area contributed by atoms with E-state index in [4.69, 9.17) is 4.74 Å². The summed E-state index contributed by atoms with van der Waals surface area (Å²) in [5, 5.41) is 12.0. The Labute approximate surface area is 204 Å². The summed E-state index contributed by atoms with van der Waals surface area (Å²) in [7, 11) is 0. The molecular formula is C29H40FNO3. The molecule has 3 rings (SSSR count). The van der Waals surface area contributed by atoms with Crippen molar-refractivity contribution in [3.05, 3.63) is 71.5 Å². The second kappa shape index (κ2) is 13.6. The van der Waals surface area contributed by atoms with Crippen LogP contribution < -0.4 is 0 Å². The minimum absolute atomic E-state index is 0.0792. The fourth-order valence-corrected chi connectivity index (χ4v) is 5.15. The molecule has 1 heterocycles. The molecule has 2 aromatic carbocycles. The molecule has 186 valence electrons. The highest BCUT2D eigenvalue weighted by Crippen LogP contribution is 2.42. The molecule has 1 fully saturated rings. The first-order valence-corrected chi connectivity index (χ1v) is 13.0. The minimum Gasteiger partial charge on any atom is -0.466 e. The van der Waals surface area contributed by atoms with Gasteiger partial charge >= 0.3 is 5.97 Å². The molecule has 5 heteroatoms. The van der Waals surface area contributed by atoms with Crippen LogP contribution in [0.25, 0.3) is 0 Å². The third kappa shape index (κ3) is 7.38. The van der Waals surface area contributed by atoms with Gasteiger partial charge in [-0.15, -0.1) is 0 Å². The number of likely N-dealkylation sites (tertiary alicyclic amines) is 1. The summed E-state index contributed by atoms with van der Waals surface area (Å²) in [5.41, 5.74) is 0.537. The summed E-state index contributed by atoms with van der Waals surface area (Å²) in [5.74, 6) is -0.270. The number of hydrogen-bond donors (Lipinski definition) is 1. The van der Waals surface area contributed by atoms with Crippen LogP contribution in [-0.4, -0.2) is 42.2 Å². The van der Waals surface area contributed by atoms with E-state index in [0.717, 1.165) is 56.4 Å². The lowest BCUT2D eigenvalue weighted by atomic mass is 9.72. The molecule has 2 aromatic rings. The Bertz CT molecular complexity index is 849. The number of aliphatic hydroxyl groups is 1. The number of carbonyl (C=O) groups is 1. The van der Waals surface area contributed by atoms with Crippen molar-refractivity contribution in [3.8, 4) is 0 Å². The largest absolute Gasteiger partial charge is 0.466 e. The summed E-state index contributed by atoms with van der Waals surface area (Å²) in [6, 6.07) is 16.1. The first-order valence-electron chi connectivity index (χ1n) is 13.0. The van der Waals surface area contributed by atoms with Crippen molar-refractivity contribution >= 4 is 5.97 Å². The van der Waals surface area contributed by atoms with E-state index in [1.54, 1.807) is 12.1 Å². The van der Waals surface area contributed by atoms with Crippen molar-refractivity contribution in [2.75, 3.05) is 26.2 Å². The molecule has 1 atom stereocenters. The summed E-state index contributed by atoms with van der Waals surface area (Å²) in [6.45, 7) is 5.35. The molecule has 1 N–H and O–H groups in total. The lowest BCUT2D eigenvalue weighted by molar-refractivity contribution is -0.143. The first-order chi connectivity index (χ1) is 16.5. The number of benzene rings is 2. The summed E-state index contributed by atoms with van der Waals surface area (Å²) in [4.78, 5) is 13.9. The average Bonchev–Trinajstić information content (AvgIpc) is 2.86. The van der Waals surface area contributed by atoms with Crippen LogP contribution in [0.15, 0.2) is 54.6 Å². The van der Waals surface area contributed by atoms with Gasteiger partial charge in [-0.1, -0.05) is 68.1 Å². The third-order valence-electron chi connectivity index (χ3n) is 7.09. The monoisotopic (exact) mass is 469 g/mol. The Balaban J connectivity index is 1.43. The van der Waals surface area contributed by atoms with Gasteiger partial charge in [0.15, 0.2) is 0 Å². The Morgan fingerprint density at radius 3 is 2.18 bits per heavy atom. The van der Waals surface area contributed by atoms with Crippen LogP contribution in [0.2, 0.25) is 0 Å². The Morgan fingerprint density at radius 1 is 0.941 bits per heavy atom. The van der Waals surface area contributed by atoms with Gasteiger partial charge < -0.3 is 14.7 Å². The Hall–Kier alpha value is -2.24. The van der Waals surface area contributed by atoms with Crippen LogP contribution >= 0.6 is 0 Å². The molecule has 1 aliphatic heterocycles. The molecule has 4 nitrogen and oxygen atoms in total. The lowest BCUT2D eigenvalue weighted by Crippen LogP contribution is -2.44. The van der Waals surface area contributed by atoms with Gasteiger partial charge in [-0.3, -0.25) is 4.79 Å². The quantitative estimate of drug-likeness (QED) is 0.286. The predicted molar refractivity (Wildman–Crippen MR) is 134 cm³/mol. The topological polar surface area (TPSA) is 49.8 Å². The SMILES string of the molecule is CCOC(=O)CCCCCCCCN1CCC(C(O)(c2ccccc2)c2ccc(F)cc2)CC1. The van der Waals surface area contributed by atoms with E-state index in [-0.39, 0.29) is 17.7 Å². The molecule has 0 aliphatic carbocycles. The Morgan fingerprint density at radius 2 is 1.53 bits per heavy atom. The summed E-state index contributed by atoms with van der Waals surface area (Å²) < 4.78 is 18.5. The zero-order chi connectivity index (χ0) is 24.2. The zero-order valence-electron chi connectivity index (χ0n) is 20.6. The van der Waals surface area contributed by atoms with Crippen molar-refractivity contribution in [2.24, 2.45) is 5.92 Å². The smallest absolute Gasteiger partial charge is 0.305 e. The van der Waals surface area contributed by atoms with Crippen LogP contribution in [0.4, 0.5) is 4.39 Å². The van der Waals surface area contributed by atoms with Crippen molar-refractivity contribution < 1.29 is 19.0 Å².